The zero-order valence-corrected chi connectivity index (χ0v) is 12.6. The number of rotatable bonds is 4. The first kappa shape index (κ1) is 14.2. The molecule has 21 heavy (non-hydrogen) atoms. The van der Waals surface area contributed by atoms with E-state index in [-0.39, 0.29) is 5.91 Å². The fraction of sp³-hybridized carbons (Fsp3) is 0.562. The van der Waals surface area contributed by atoms with Crippen molar-refractivity contribution in [1.29, 1.82) is 0 Å². The van der Waals surface area contributed by atoms with Crippen LogP contribution in [-0.4, -0.2) is 51.2 Å². The lowest BCUT2D eigenvalue weighted by Gasteiger charge is -2.18. The summed E-state index contributed by atoms with van der Waals surface area (Å²) in [6, 6.07) is 5.66. The van der Waals surface area contributed by atoms with Crippen molar-refractivity contribution in [3.05, 3.63) is 23.8 Å². The van der Waals surface area contributed by atoms with Crippen molar-refractivity contribution < 1.29 is 14.3 Å². The normalized spacial score (nSPS) is 24.0. The molecule has 2 aliphatic heterocycles. The summed E-state index contributed by atoms with van der Waals surface area (Å²) in [6.07, 6.45) is 0.424. The summed E-state index contributed by atoms with van der Waals surface area (Å²) in [5, 5.41) is 3.39. The molecule has 5 nitrogen and oxygen atoms in total. The van der Waals surface area contributed by atoms with E-state index in [0.717, 1.165) is 31.7 Å². The second-order valence-electron chi connectivity index (χ2n) is 5.84. The number of benzene rings is 1. The molecule has 0 saturated carbocycles. The summed E-state index contributed by atoms with van der Waals surface area (Å²) in [7, 11) is 3.22. The Morgan fingerprint density at radius 2 is 1.86 bits per heavy atom. The molecule has 0 spiro atoms. The highest BCUT2D eigenvalue weighted by Crippen LogP contribution is 2.29. The van der Waals surface area contributed by atoms with Gasteiger partial charge in [0.15, 0.2) is 11.5 Å². The minimum atomic E-state index is 0.205. The molecule has 2 unspecified atom stereocenters. The lowest BCUT2D eigenvalue weighted by molar-refractivity contribution is -0.129. The lowest BCUT2D eigenvalue weighted by atomic mass is 10.0. The Balaban J connectivity index is 1.65. The van der Waals surface area contributed by atoms with E-state index in [1.54, 1.807) is 14.2 Å². The first-order valence-corrected chi connectivity index (χ1v) is 7.40. The van der Waals surface area contributed by atoms with Gasteiger partial charge < -0.3 is 19.7 Å². The van der Waals surface area contributed by atoms with Gasteiger partial charge in [-0.15, -0.1) is 0 Å². The molecule has 0 aromatic heterocycles. The van der Waals surface area contributed by atoms with Gasteiger partial charge in [-0.1, -0.05) is 6.07 Å². The van der Waals surface area contributed by atoms with Crippen LogP contribution in [-0.2, 0) is 11.2 Å². The van der Waals surface area contributed by atoms with Gasteiger partial charge in [0.05, 0.1) is 20.6 Å². The number of amides is 1. The van der Waals surface area contributed by atoms with Gasteiger partial charge in [-0.3, -0.25) is 4.79 Å². The SMILES string of the molecule is COc1ccc(CC(=O)N2CC3CNCC3C2)cc1OC. The third-order valence-electron chi connectivity index (χ3n) is 4.55. The molecule has 3 rings (SSSR count). The van der Waals surface area contributed by atoms with E-state index in [9.17, 15) is 4.79 Å². The summed E-state index contributed by atoms with van der Waals surface area (Å²) in [5.74, 6) is 2.84. The maximum atomic E-state index is 12.4. The average molecular weight is 290 g/mol. The van der Waals surface area contributed by atoms with Crippen LogP contribution in [0.3, 0.4) is 0 Å². The van der Waals surface area contributed by atoms with Gasteiger partial charge in [0.2, 0.25) is 5.91 Å². The Bertz CT molecular complexity index is 520. The first-order chi connectivity index (χ1) is 10.2. The number of nitrogens with one attached hydrogen (secondary N) is 1. The maximum Gasteiger partial charge on any atom is 0.227 e. The molecule has 2 aliphatic rings. The summed E-state index contributed by atoms with van der Waals surface area (Å²) in [5.41, 5.74) is 0.966. The smallest absolute Gasteiger partial charge is 0.227 e. The number of ether oxygens (including phenoxy) is 2. The zero-order valence-electron chi connectivity index (χ0n) is 12.6. The standard InChI is InChI=1S/C16H22N2O3/c1-20-14-4-3-11(5-15(14)21-2)6-16(19)18-9-12-7-17-8-13(12)10-18/h3-5,12-13,17H,6-10H2,1-2H3. The fourth-order valence-corrected chi connectivity index (χ4v) is 3.34. The molecule has 0 aliphatic carbocycles. The van der Waals surface area contributed by atoms with Gasteiger partial charge in [0, 0.05) is 26.2 Å². The molecule has 1 aromatic carbocycles. The topological polar surface area (TPSA) is 50.8 Å². The van der Waals surface area contributed by atoms with Crippen LogP contribution in [0.2, 0.25) is 0 Å². The minimum absolute atomic E-state index is 0.205. The first-order valence-electron chi connectivity index (χ1n) is 7.40. The predicted molar refractivity (Wildman–Crippen MR) is 79.7 cm³/mol. The van der Waals surface area contributed by atoms with Crippen molar-refractivity contribution >= 4 is 5.91 Å². The van der Waals surface area contributed by atoms with E-state index in [2.05, 4.69) is 5.32 Å². The molecule has 2 saturated heterocycles. The van der Waals surface area contributed by atoms with Crippen LogP contribution in [0.1, 0.15) is 5.56 Å². The fourth-order valence-electron chi connectivity index (χ4n) is 3.34. The van der Waals surface area contributed by atoms with Crippen molar-refractivity contribution in [2.75, 3.05) is 40.4 Å². The maximum absolute atomic E-state index is 12.4. The predicted octanol–water partition coefficient (Wildman–Crippen LogP) is 0.924. The number of nitrogens with zero attached hydrogens (tertiary/aromatic N) is 1. The summed E-state index contributed by atoms with van der Waals surface area (Å²) >= 11 is 0. The van der Waals surface area contributed by atoms with Crippen LogP contribution in [0.15, 0.2) is 18.2 Å². The molecule has 1 amide bonds. The number of fused-ring (bicyclic) bond motifs is 1. The van der Waals surface area contributed by atoms with E-state index in [1.807, 2.05) is 23.1 Å². The highest BCUT2D eigenvalue weighted by Gasteiger charge is 2.37. The Kier molecular flexibility index (Phi) is 4.01. The average Bonchev–Trinajstić information content (AvgIpc) is 3.08. The van der Waals surface area contributed by atoms with Gasteiger partial charge in [-0.25, -0.2) is 0 Å². The third kappa shape index (κ3) is 2.83. The van der Waals surface area contributed by atoms with Crippen LogP contribution in [0, 0.1) is 11.8 Å². The molecule has 1 N–H and O–H groups in total. The van der Waals surface area contributed by atoms with E-state index < -0.39 is 0 Å². The largest absolute Gasteiger partial charge is 0.493 e. The molecule has 1 aromatic rings. The number of methoxy groups -OCH3 is 2. The highest BCUT2D eigenvalue weighted by atomic mass is 16.5. The monoisotopic (exact) mass is 290 g/mol. The van der Waals surface area contributed by atoms with Crippen molar-refractivity contribution in [2.45, 2.75) is 6.42 Å². The second kappa shape index (κ2) is 5.93. The molecule has 2 heterocycles. The summed E-state index contributed by atoms with van der Waals surface area (Å²) in [6.45, 7) is 3.88. The second-order valence-corrected chi connectivity index (χ2v) is 5.84. The Morgan fingerprint density at radius 3 is 2.48 bits per heavy atom. The molecule has 114 valence electrons. The molecule has 5 heteroatoms. The lowest BCUT2D eigenvalue weighted by Crippen LogP contribution is -2.32. The van der Waals surface area contributed by atoms with E-state index >= 15 is 0 Å². The Hall–Kier alpha value is -1.75. The van der Waals surface area contributed by atoms with Crippen molar-refractivity contribution in [3.8, 4) is 11.5 Å². The number of hydrogen-bond donors (Lipinski definition) is 1. The quantitative estimate of drug-likeness (QED) is 0.896. The van der Waals surface area contributed by atoms with Crippen molar-refractivity contribution in [3.63, 3.8) is 0 Å². The van der Waals surface area contributed by atoms with E-state index in [0.29, 0.717) is 29.8 Å². The van der Waals surface area contributed by atoms with Gasteiger partial charge in [-0.2, -0.15) is 0 Å². The number of likely N-dealkylation sites (tertiary alicyclic amines) is 1. The Morgan fingerprint density at radius 1 is 1.19 bits per heavy atom. The van der Waals surface area contributed by atoms with Crippen LogP contribution < -0.4 is 14.8 Å². The number of carbonyl (C=O) groups excluding carboxylic acids is 1. The molecular weight excluding hydrogens is 268 g/mol. The van der Waals surface area contributed by atoms with Crippen LogP contribution in [0.25, 0.3) is 0 Å². The molecule has 0 radical (unpaired) electrons. The van der Waals surface area contributed by atoms with Crippen LogP contribution >= 0.6 is 0 Å². The number of hydrogen-bond acceptors (Lipinski definition) is 4. The molecular formula is C16H22N2O3. The van der Waals surface area contributed by atoms with Gasteiger partial charge in [-0.05, 0) is 29.5 Å². The van der Waals surface area contributed by atoms with Gasteiger partial charge in [0.25, 0.3) is 0 Å². The van der Waals surface area contributed by atoms with Crippen molar-refractivity contribution in [1.82, 2.24) is 10.2 Å². The Labute approximate surface area is 125 Å². The van der Waals surface area contributed by atoms with Crippen LogP contribution in [0.5, 0.6) is 11.5 Å². The number of carbonyl (C=O) groups is 1. The van der Waals surface area contributed by atoms with E-state index in [1.165, 1.54) is 0 Å². The molecule has 2 atom stereocenters. The summed E-state index contributed by atoms with van der Waals surface area (Å²) in [4.78, 5) is 14.4. The molecule has 2 fully saturated rings. The third-order valence-corrected chi connectivity index (χ3v) is 4.55. The van der Waals surface area contributed by atoms with Crippen LogP contribution in [0.4, 0.5) is 0 Å². The van der Waals surface area contributed by atoms with E-state index in [4.69, 9.17) is 9.47 Å². The molecule has 0 bridgehead atoms. The van der Waals surface area contributed by atoms with Gasteiger partial charge >= 0.3 is 0 Å². The summed E-state index contributed by atoms with van der Waals surface area (Å²) < 4.78 is 10.5. The van der Waals surface area contributed by atoms with Crippen molar-refractivity contribution in [2.24, 2.45) is 11.8 Å². The van der Waals surface area contributed by atoms with Gasteiger partial charge in [0.1, 0.15) is 0 Å². The zero-order chi connectivity index (χ0) is 14.8. The highest BCUT2D eigenvalue weighted by molar-refractivity contribution is 5.79. The minimum Gasteiger partial charge on any atom is -0.493 e.